The topological polar surface area (TPSA) is 48.5 Å². The summed E-state index contributed by atoms with van der Waals surface area (Å²) in [5.41, 5.74) is 3.46. The highest BCUT2D eigenvalue weighted by molar-refractivity contribution is 5.61. The van der Waals surface area contributed by atoms with Crippen LogP contribution in [0.5, 0.6) is 0 Å². The van der Waals surface area contributed by atoms with Crippen molar-refractivity contribution in [2.45, 2.75) is 0 Å². The Morgan fingerprint density at radius 1 is 0.722 bits per heavy atom. The normalized spacial score (nSPS) is 10.8. The van der Waals surface area contributed by atoms with Gasteiger partial charge >= 0.3 is 0 Å². The molecule has 0 bridgehead atoms. The number of pyridine rings is 1. The Kier molecular flexibility index (Phi) is 2.44. The molecule has 0 saturated heterocycles. The van der Waals surface area contributed by atoms with E-state index in [4.69, 9.17) is 0 Å². The molecule has 0 aromatic carbocycles. The predicted molar refractivity (Wildman–Crippen MR) is 68.6 cm³/mol. The lowest BCUT2D eigenvalue weighted by molar-refractivity contribution is 0.768. The molecule has 0 fully saturated rings. The summed E-state index contributed by atoms with van der Waals surface area (Å²) in [5, 5.41) is 8.70. The molecule has 5 heteroatoms. The van der Waals surface area contributed by atoms with E-state index < -0.39 is 0 Å². The molecule has 0 amide bonds. The molecule has 0 radical (unpaired) electrons. The molecule has 18 heavy (non-hydrogen) atoms. The van der Waals surface area contributed by atoms with Gasteiger partial charge in [-0.3, -0.25) is 9.36 Å². The van der Waals surface area contributed by atoms with Gasteiger partial charge in [0.15, 0.2) is 0 Å². The number of nitrogens with zero attached hydrogens (tertiary/aromatic N) is 5. The number of hydrogen-bond donors (Lipinski definition) is 0. The number of hydrogen-bond acceptors (Lipinski definition) is 3. The lowest BCUT2D eigenvalue weighted by atomic mass is 10.2. The molecule has 3 aromatic rings. The van der Waals surface area contributed by atoms with Gasteiger partial charge in [-0.2, -0.15) is 10.2 Å². The summed E-state index contributed by atoms with van der Waals surface area (Å²) in [6.07, 6.45) is 3.81. The minimum absolute atomic E-state index is 0.860. The van der Waals surface area contributed by atoms with Crippen LogP contribution in [0.3, 0.4) is 0 Å². The highest BCUT2D eigenvalue weighted by Gasteiger charge is 2.07. The molecular formula is C13H13N5. The highest BCUT2D eigenvalue weighted by Crippen LogP contribution is 2.19. The molecule has 3 rings (SSSR count). The van der Waals surface area contributed by atoms with E-state index in [9.17, 15) is 0 Å². The first kappa shape index (κ1) is 10.7. The predicted octanol–water partition coefficient (Wildman–Crippen LogP) is 1.88. The standard InChI is InChI=1S/C13H13N5/c1-17-8-6-12(15-17)10-4-3-5-11(14-10)13-7-9-18(2)16-13/h3-9H,1-2H3. The molecule has 0 unspecified atom stereocenters. The van der Waals surface area contributed by atoms with Crippen molar-refractivity contribution in [1.29, 1.82) is 0 Å². The molecule has 3 heterocycles. The smallest absolute Gasteiger partial charge is 0.111 e. The van der Waals surface area contributed by atoms with Gasteiger partial charge in [0.2, 0.25) is 0 Å². The molecule has 0 N–H and O–H groups in total. The lowest BCUT2D eigenvalue weighted by Gasteiger charge is -1.99. The van der Waals surface area contributed by atoms with Crippen LogP contribution < -0.4 is 0 Å². The van der Waals surface area contributed by atoms with E-state index in [2.05, 4.69) is 15.2 Å². The molecule has 0 aliphatic rings. The van der Waals surface area contributed by atoms with Gasteiger partial charge in [-0.1, -0.05) is 6.07 Å². The monoisotopic (exact) mass is 239 g/mol. The Balaban J connectivity index is 2.04. The highest BCUT2D eigenvalue weighted by atomic mass is 15.3. The van der Waals surface area contributed by atoms with Crippen LogP contribution in [0.15, 0.2) is 42.7 Å². The van der Waals surface area contributed by atoms with E-state index in [0.29, 0.717) is 0 Å². The van der Waals surface area contributed by atoms with Crippen molar-refractivity contribution in [3.8, 4) is 22.8 Å². The Hall–Kier alpha value is -2.43. The zero-order valence-corrected chi connectivity index (χ0v) is 10.3. The van der Waals surface area contributed by atoms with Crippen LogP contribution in [0.2, 0.25) is 0 Å². The van der Waals surface area contributed by atoms with E-state index in [1.807, 2.05) is 56.8 Å². The van der Waals surface area contributed by atoms with Crippen molar-refractivity contribution in [2.75, 3.05) is 0 Å². The SMILES string of the molecule is Cn1ccc(-c2cccc(-c3ccn(C)n3)n2)n1. The van der Waals surface area contributed by atoms with Crippen LogP contribution in [0.4, 0.5) is 0 Å². The first-order valence-corrected chi connectivity index (χ1v) is 5.69. The molecule has 90 valence electrons. The third kappa shape index (κ3) is 1.90. The Labute approximate surface area is 105 Å². The van der Waals surface area contributed by atoms with Gasteiger partial charge < -0.3 is 0 Å². The van der Waals surface area contributed by atoms with Crippen molar-refractivity contribution >= 4 is 0 Å². The van der Waals surface area contributed by atoms with Crippen molar-refractivity contribution in [3.63, 3.8) is 0 Å². The Morgan fingerprint density at radius 3 is 1.61 bits per heavy atom. The first-order chi connectivity index (χ1) is 8.72. The van der Waals surface area contributed by atoms with Crippen LogP contribution in [-0.4, -0.2) is 24.5 Å². The molecular weight excluding hydrogens is 226 g/mol. The van der Waals surface area contributed by atoms with Crippen LogP contribution in [-0.2, 0) is 14.1 Å². The van der Waals surface area contributed by atoms with Crippen LogP contribution in [0, 0.1) is 0 Å². The maximum Gasteiger partial charge on any atom is 0.111 e. The molecule has 0 aliphatic heterocycles. The summed E-state index contributed by atoms with van der Waals surface area (Å²) >= 11 is 0. The lowest BCUT2D eigenvalue weighted by Crippen LogP contribution is -1.92. The average molecular weight is 239 g/mol. The third-order valence-electron chi connectivity index (χ3n) is 2.70. The largest absolute Gasteiger partial charge is 0.275 e. The maximum atomic E-state index is 4.59. The molecule has 0 saturated carbocycles. The summed E-state index contributed by atoms with van der Waals surface area (Å²) in [6.45, 7) is 0. The molecule has 0 aliphatic carbocycles. The second-order valence-corrected chi connectivity index (χ2v) is 4.16. The van der Waals surface area contributed by atoms with Crippen LogP contribution >= 0.6 is 0 Å². The summed E-state index contributed by atoms with van der Waals surface area (Å²) in [6, 6.07) is 9.78. The fourth-order valence-electron chi connectivity index (χ4n) is 1.82. The first-order valence-electron chi connectivity index (χ1n) is 5.69. The average Bonchev–Trinajstić information content (AvgIpc) is 2.98. The van der Waals surface area contributed by atoms with Gasteiger partial charge in [0.05, 0.1) is 11.4 Å². The number of aryl methyl sites for hydroxylation is 2. The zero-order chi connectivity index (χ0) is 12.5. The molecule has 0 atom stereocenters. The second kappa shape index (κ2) is 4.10. The maximum absolute atomic E-state index is 4.59. The van der Waals surface area contributed by atoms with Gasteiger partial charge in [-0.05, 0) is 24.3 Å². The van der Waals surface area contributed by atoms with E-state index in [-0.39, 0.29) is 0 Å². The van der Waals surface area contributed by atoms with Gasteiger partial charge in [0.1, 0.15) is 11.4 Å². The van der Waals surface area contributed by atoms with Crippen LogP contribution in [0.1, 0.15) is 0 Å². The number of aromatic nitrogens is 5. The summed E-state index contributed by atoms with van der Waals surface area (Å²) in [5.74, 6) is 0. The summed E-state index contributed by atoms with van der Waals surface area (Å²) < 4.78 is 3.54. The van der Waals surface area contributed by atoms with E-state index in [0.717, 1.165) is 22.8 Å². The fourth-order valence-corrected chi connectivity index (χ4v) is 1.82. The minimum atomic E-state index is 0.860. The Morgan fingerprint density at radius 2 is 1.22 bits per heavy atom. The molecule has 3 aromatic heterocycles. The minimum Gasteiger partial charge on any atom is -0.275 e. The second-order valence-electron chi connectivity index (χ2n) is 4.16. The summed E-state index contributed by atoms with van der Waals surface area (Å²) in [7, 11) is 3.79. The molecule has 0 spiro atoms. The summed E-state index contributed by atoms with van der Waals surface area (Å²) in [4.78, 5) is 4.59. The zero-order valence-electron chi connectivity index (χ0n) is 10.3. The van der Waals surface area contributed by atoms with E-state index >= 15 is 0 Å². The Bertz CT molecular complexity index is 625. The van der Waals surface area contributed by atoms with Gasteiger partial charge in [-0.15, -0.1) is 0 Å². The quantitative estimate of drug-likeness (QED) is 0.686. The third-order valence-corrected chi connectivity index (χ3v) is 2.70. The van der Waals surface area contributed by atoms with Crippen molar-refractivity contribution in [2.24, 2.45) is 14.1 Å². The van der Waals surface area contributed by atoms with Crippen molar-refractivity contribution in [1.82, 2.24) is 24.5 Å². The van der Waals surface area contributed by atoms with Crippen molar-refractivity contribution in [3.05, 3.63) is 42.7 Å². The van der Waals surface area contributed by atoms with Crippen molar-refractivity contribution < 1.29 is 0 Å². The van der Waals surface area contributed by atoms with Gasteiger partial charge in [-0.25, -0.2) is 4.98 Å². The molecule has 5 nitrogen and oxygen atoms in total. The van der Waals surface area contributed by atoms with E-state index in [1.54, 1.807) is 9.36 Å². The number of rotatable bonds is 2. The van der Waals surface area contributed by atoms with Crippen LogP contribution in [0.25, 0.3) is 22.8 Å². The van der Waals surface area contributed by atoms with Gasteiger partial charge in [0, 0.05) is 26.5 Å². The van der Waals surface area contributed by atoms with E-state index in [1.165, 1.54) is 0 Å². The fraction of sp³-hybridized carbons (Fsp3) is 0.154. The van der Waals surface area contributed by atoms with Gasteiger partial charge in [0.25, 0.3) is 0 Å².